The predicted molar refractivity (Wildman–Crippen MR) is 211 cm³/mol. The molecule has 0 saturated heterocycles. The van der Waals surface area contributed by atoms with Crippen LogP contribution < -0.4 is 31.8 Å². The van der Waals surface area contributed by atoms with Gasteiger partial charge in [0.1, 0.15) is 0 Å². The van der Waals surface area contributed by atoms with Crippen molar-refractivity contribution in [2.24, 2.45) is 0 Å². The van der Waals surface area contributed by atoms with Crippen molar-refractivity contribution in [3.63, 3.8) is 0 Å². The van der Waals surface area contributed by atoms with E-state index in [2.05, 4.69) is 0 Å². The van der Waals surface area contributed by atoms with Gasteiger partial charge in [0.15, 0.2) is 0 Å². The Morgan fingerprint density at radius 2 is 0.551 bits per heavy atom. The van der Waals surface area contributed by atoms with E-state index in [0.717, 1.165) is 31.8 Å². The van der Waals surface area contributed by atoms with Gasteiger partial charge in [0.05, 0.1) is 0 Å². The van der Waals surface area contributed by atoms with Gasteiger partial charge in [0.2, 0.25) is 0 Å². The van der Waals surface area contributed by atoms with E-state index < -0.39 is 24.1 Å². The minimum atomic E-state index is -4.93. The first-order chi connectivity index (χ1) is 23.8. The Labute approximate surface area is 290 Å². The van der Waals surface area contributed by atoms with Gasteiger partial charge in [-0.1, -0.05) is 0 Å². The molecule has 0 radical (unpaired) electrons. The van der Waals surface area contributed by atoms with E-state index in [1.165, 1.54) is 0 Å². The summed E-state index contributed by atoms with van der Waals surface area (Å²) in [6.07, 6.45) is 3.77. The summed E-state index contributed by atoms with van der Waals surface area (Å²) in [5.74, 6) is 3.90. The third-order valence-corrected chi connectivity index (χ3v) is 22.6. The standard InChI is InChI=1S/C42H40O4P2S/c1-3-35-47(37-23-11-5-12-24-37,38-25-13-6-14-26-38,39-27-15-7-16-28-39)45-49(43,44)46-48(36-4-2,40-29-17-8-18-30-40,41-31-19-9-20-32-41)42-33-21-10-22-34-42/h3-36H,1-2H3/b35-3+,36-4+. The molecule has 0 fully saturated rings. The molecule has 0 atom stereocenters. The molecule has 6 aromatic rings. The van der Waals surface area contributed by atoms with Crippen LogP contribution in [0.15, 0.2) is 206 Å². The second-order valence-electron chi connectivity index (χ2n) is 11.7. The van der Waals surface area contributed by atoms with Crippen LogP contribution in [0.2, 0.25) is 0 Å². The van der Waals surface area contributed by atoms with E-state index in [1.54, 1.807) is 0 Å². The van der Waals surface area contributed by atoms with Crippen molar-refractivity contribution < 1.29 is 16.4 Å². The summed E-state index contributed by atoms with van der Waals surface area (Å²) in [5, 5.41) is 4.34. The monoisotopic (exact) mass is 702 g/mol. The van der Waals surface area contributed by atoms with E-state index in [0.29, 0.717) is 0 Å². The van der Waals surface area contributed by atoms with E-state index in [1.807, 2.05) is 220 Å². The number of allylic oxidation sites excluding steroid dienone is 2. The molecule has 0 heterocycles. The molecule has 0 aromatic heterocycles. The third kappa shape index (κ3) is 5.63. The third-order valence-electron chi connectivity index (χ3n) is 8.97. The summed E-state index contributed by atoms with van der Waals surface area (Å²) in [6.45, 7) is -5.22. The summed E-state index contributed by atoms with van der Waals surface area (Å²) < 4.78 is 45.4. The summed E-state index contributed by atoms with van der Waals surface area (Å²) >= 11 is 0. The first kappa shape index (κ1) is 34.4. The Kier molecular flexibility index (Phi) is 9.69. The molecule has 6 rings (SSSR count). The van der Waals surface area contributed by atoms with Crippen LogP contribution in [0.5, 0.6) is 0 Å². The van der Waals surface area contributed by atoms with Gasteiger partial charge >= 0.3 is 292 Å². The van der Waals surface area contributed by atoms with Crippen molar-refractivity contribution in [1.82, 2.24) is 0 Å². The molecule has 7 heteroatoms. The molecular weight excluding hydrogens is 662 g/mol. The summed E-state index contributed by atoms with van der Waals surface area (Å²) in [5.41, 5.74) is 0. The predicted octanol–water partition coefficient (Wildman–Crippen LogP) is 8.22. The Morgan fingerprint density at radius 3 is 0.714 bits per heavy atom. The quantitative estimate of drug-likeness (QED) is 0.121. The van der Waals surface area contributed by atoms with Crippen LogP contribution in [0.25, 0.3) is 0 Å². The second-order valence-corrected chi connectivity index (χ2v) is 21.9. The van der Waals surface area contributed by atoms with Crippen molar-refractivity contribution in [3.05, 3.63) is 206 Å². The zero-order valence-corrected chi connectivity index (χ0v) is 30.2. The molecule has 0 spiro atoms. The van der Waals surface area contributed by atoms with Gasteiger partial charge in [-0.2, -0.15) is 0 Å². The topological polar surface area (TPSA) is 52.6 Å². The summed E-state index contributed by atoms with van der Waals surface area (Å²) in [6, 6.07) is 57.9. The van der Waals surface area contributed by atoms with Crippen molar-refractivity contribution in [2.75, 3.05) is 0 Å². The molecule has 0 unspecified atom stereocenters. The Bertz CT molecular complexity index is 1810. The fourth-order valence-electron chi connectivity index (χ4n) is 7.02. The van der Waals surface area contributed by atoms with Gasteiger partial charge in [0.25, 0.3) is 0 Å². The van der Waals surface area contributed by atoms with Gasteiger partial charge in [-0.25, -0.2) is 0 Å². The molecule has 0 aliphatic heterocycles. The average Bonchev–Trinajstić information content (AvgIpc) is 3.16. The van der Waals surface area contributed by atoms with Crippen LogP contribution in [0.1, 0.15) is 13.8 Å². The van der Waals surface area contributed by atoms with Crippen molar-refractivity contribution >= 4 is 55.9 Å². The number of benzene rings is 6. The van der Waals surface area contributed by atoms with E-state index in [9.17, 15) is 0 Å². The van der Waals surface area contributed by atoms with Gasteiger partial charge in [-0.15, -0.1) is 0 Å². The maximum atomic E-state index is 15.6. The molecule has 248 valence electrons. The van der Waals surface area contributed by atoms with Crippen LogP contribution in [0, 0.1) is 0 Å². The van der Waals surface area contributed by atoms with E-state index in [4.69, 9.17) is 7.94 Å². The van der Waals surface area contributed by atoms with Crippen molar-refractivity contribution in [2.45, 2.75) is 13.8 Å². The molecule has 0 aliphatic carbocycles. The fourth-order valence-corrected chi connectivity index (χ4v) is 21.4. The van der Waals surface area contributed by atoms with Gasteiger partial charge in [-0.05, 0) is 0 Å². The fraction of sp³-hybridized carbons (Fsp3) is 0.0476. The SMILES string of the molecule is C/C=C/P(OS(=O)(=O)OP(/C=C/C)(c1ccccc1)(c1ccccc1)c1ccccc1)(c1ccccc1)(c1ccccc1)c1ccccc1. The first-order valence-corrected chi connectivity index (χ1v) is 22.0. The van der Waals surface area contributed by atoms with E-state index in [-0.39, 0.29) is 0 Å². The summed E-state index contributed by atoms with van der Waals surface area (Å²) in [7, 11) is -4.93. The van der Waals surface area contributed by atoms with Gasteiger partial charge < -0.3 is 0 Å². The number of hydrogen-bond donors (Lipinski definition) is 0. The average molecular weight is 703 g/mol. The number of rotatable bonds is 12. The molecule has 6 aromatic carbocycles. The zero-order valence-electron chi connectivity index (χ0n) is 27.6. The van der Waals surface area contributed by atoms with Crippen LogP contribution in [0.4, 0.5) is 0 Å². The van der Waals surface area contributed by atoms with Crippen LogP contribution in [-0.4, -0.2) is 8.42 Å². The molecule has 0 bridgehead atoms. The minimum absolute atomic E-state index is 0.724. The zero-order chi connectivity index (χ0) is 34.3. The Balaban J connectivity index is 1.77. The molecule has 0 amide bonds. The summed E-state index contributed by atoms with van der Waals surface area (Å²) in [4.78, 5) is 0. The normalized spacial score (nSPS) is 14.2. The van der Waals surface area contributed by atoms with Gasteiger partial charge in [-0.3, -0.25) is 0 Å². The molecule has 4 nitrogen and oxygen atoms in total. The van der Waals surface area contributed by atoms with Crippen LogP contribution >= 0.6 is 13.7 Å². The Hall–Kier alpha value is -4.47. The van der Waals surface area contributed by atoms with Crippen molar-refractivity contribution in [1.29, 1.82) is 0 Å². The van der Waals surface area contributed by atoms with Crippen LogP contribution in [0.3, 0.4) is 0 Å². The maximum absolute atomic E-state index is 15.6. The molecule has 0 aliphatic rings. The molecular formula is C42H40O4P2S. The van der Waals surface area contributed by atoms with E-state index >= 15 is 8.42 Å². The molecule has 49 heavy (non-hydrogen) atoms. The van der Waals surface area contributed by atoms with Gasteiger partial charge in [0, 0.05) is 0 Å². The Morgan fingerprint density at radius 1 is 0.367 bits per heavy atom. The first-order valence-electron chi connectivity index (χ1n) is 16.2. The molecule has 0 N–H and O–H groups in total. The molecule has 0 saturated carbocycles. The second kappa shape index (κ2) is 13.8. The number of hydrogen-bond acceptors (Lipinski definition) is 4. The van der Waals surface area contributed by atoms with Crippen LogP contribution in [-0.2, 0) is 18.3 Å². The van der Waals surface area contributed by atoms with Crippen molar-refractivity contribution in [3.8, 4) is 0 Å².